The lowest BCUT2D eigenvalue weighted by molar-refractivity contribution is 0.122. The topological polar surface area (TPSA) is 49.9 Å². The number of halogens is 1. The Balaban J connectivity index is 1.65. The Labute approximate surface area is 153 Å². The van der Waals surface area contributed by atoms with Crippen molar-refractivity contribution in [3.8, 4) is 0 Å². The molecular formula is C19H21FN2O3S. The van der Waals surface area contributed by atoms with Gasteiger partial charge in [-0.3, -0.25) is 4.31 Å². The van der Waals surface area contributed by atoms with Crippen LogP contribution in [0.2, 0.25) is 0 Å². The van der Waals surface area contributed by atoms with Crippen molar-refractivity contribution in [1.82, 2.24) is 0 Å². The Kier molecular flexibility index (Phi) is 4.36. The Morgan fingerprint density at radius 2 is 1.81 bits per heavy atom. The molecule has 1 fully saturated rings. The van der Waals surface area contributed by atoms with Gasteiger partial charge in [0.2, 0.25) is 0 Å². The summed E-state index contributed by atoms with van der Waals surface area (Å²) in [7, 11) is -3.70. The van der Waals surface area contributed by atoms with Crippen molar-refractivity contribution < 1.29 is 17.5 Å². The highest BCUT2D eigenvalue weighted by molar-refractivity contribution is 7.92. The van der Waals surface area contributed by atoms with Crippen molar-refractivity contribution in [3.05, 3.63) is 53.3 Å². The first-order valence-electron chi connectivity index (χ1n) is 8.71. The van der Waals surface area contributed by atoms with Gasteiger partial charge in [-0.1, -0.05) is 0 Å². The Hall–Kier alpha value is -2.12. The number of rotatable bonds is 3. The van der Waals surface area contributed by atoms with Crippen molar-refractivity contribution in [1.29, 1.82) is 0 Å². The first-order chi connectivity index (χ1) is 12.5. The average Bonchev–Trinajstić information content (AvgIpc) is 3.08. The maximum Gasteiger partial charge on any atom is 0.264 e. The van der Waals surface area contributed by atoms with E-state index in [1.807, 2.05) is 12.1 Å². The molecule has 0 spiro atoms. The molecule has 0 saturated carbocycles. The highest BCUT2D eigenvalue weighted by atomic mass is 32.2. The van der Waals surface area contributed by atoms with Crippen LogP contribution in [-0.2, 0) is 21.2 Å². The third-order valence-corrected chi connectivity index (χ3v) is 6.82. The Bertz CT molecular complexity index is 940. The summed E-state index contributed by atoms with van der Waals surface area (Å²) in [6.45, 7) is 5.08. The SMILES string of the molecule is Cc1cc(S(=O)(=O)N2CCc3cc(N4CCOCC4)ccc32)ccc1F. The van der Waals surface area contributed by atoms with Gasteiger partial charge in [-0.15, -0.1) is 0 Å². The summed E-state index contributed by atoms with van der Waals surface area (Å²) in [5, 5.41) is 0. The molecule has 2 aromatic rings. The lowest BCUT2D eigenvalue weighted by atomic mass is 10.1. The van der Waals surface area contributed by atoms with E-state index in [0.717, 1.165) is 24.3 Å². The first kappa shape index (κ1) is 17.3. The number of benzene rings is 2. The second-order valence-electron chi connectivity index (χ2n) is 6.65. The molecule has 2 aliphatic heterocycles. The van der Waals surface area contributed by atoms with Crippen molar-refractivity contribution in [2.75, 3.05) is 42.1 Å². The number of hydrogen-bond donors (Lipinski definition) is 0. The average molecular weight is 376 g/mol. The van der Waals surface area contributed by atoms with Gasteiger partial charge >= 0.3 is 0 Å². The van der Waals surface area contributed by atoms with Crippen LogP contribution in [-0.4, -0.2) is 41.3 Å². The molecule has 4 rings (SSSR count). The van der Waals surface area contributed by atoms with Crippen molar-refractivity contribution >= 4 is 21.4 Å². The summed E-state index contributed by atoms with van der Waals surface area (Å²) in [6.07, 6.45) is 0.674. The fourth-order valence-corrected chi connectivity index (χ4v) is 5.12. The highest BCUT2D eigenvalue weighted by Crippen LogP contribution is 2.35. The molecule has 0 amide bonds. The van der Waals surface area contributed by atoms with Crippen LogP contribution in [0.15, 0.2) is 41.3 Å². The minimum absolute atomic E-state index is 0.126. The molecule has 0 unspecified atom stereocenters. The number of aryl methyl sites for hydroxylation is 1. The standard InChI is InChI=1S/C19H21FN2O3S/c1-14-12-17(3-4-18(14)20)26(23,24)22-7-6-15-13-16(2-5-19(15)22)21-8-10-25-11-9-21/h2-5,12-13H,6-11H2,1H3. The zero-order valence-electron chi connectivity index (χ0n) is 14.6. The van der Waals surface area contributed by atoms with Crippen molar-refractivity contribution in [2.45, 2.75) is 18.2 Å². The van der Waals surface area contributed by atoms with E-state index in [-0.39, 0.29) is 4.90 Å². The molecule has 0 bridgehead atoms. The van der Waals surface area contributed by atoms with Gasteiger partial charge in [0.1, 0.15) is 5.82 Å². The van der Waals surface area contributed by atoms with Crippen LogP contribution in [0.5, 0.6) is 0 Å². The van der Waals surface area contributed by atoms with E-state index in [4.69, 9.17) is 4.74 Å². The molecule has 2 heterocycles. The molecule has 2 aromatic carbocycles. The van der Waals surface area contributed by atoms with Crippen LogP contribution >= 0.6 is 0 Å². The Morgan fingerprint density at radius 1 is 1.04 bits per heavy atom. The molecule has 0 aromatic heterocycles. The predicted molar refractivity (Wildman–Crippen MR) is 98.8 cm³/mol. The van der Waals surface area contributed by atoms with Crippen LogP contribution in [0.25, 0.3) is 0 Å². The molecule has 0 N–H and O–H groups in total. The monoisotopic (exact) mass is 376 g/mol. The van der Waals surface area contributed by atoms with Crippen molar-refractivity contribution in [3.63, 3.8) is 0 Å². The number of morpholine rings is 1. The van der Waals surface area contributed by atoms with Gasteiger partial charge in [0.15, 0.2) is 0 Å². The van der Waals surface area contributed by atoms with Gasteiger partial charge in [-0.2, -0.15) is 0 Å². The van der Waals surface area contributed by atoms with Crippen molar-refractivity contribution in [2.24, 2.45) is 0 Å². The molecule has 2 aliphatic rings. The second-order valence-corrected chi connectivity index (χ2v) is 8.51. The molecule has 0 atom stereocenters. The fourth-order valence-electron chi connectivity index (χ4n) is 3.53. The Morgan fingerprint density at radius 3 is 2.54 bits per heavy atom. The third-order valence-electron chi connectivity index (χ3n) is 5.01. The number of fused-ring (bicyclic) bond motifs is 1. The smallest absolute Gasteiger partial charge is 0.264 e. The zero-order valence-corrected chi connectivity index (χ0v) is 15.4. The number of ether oxygens (including phenoxy) is 1. The normalized spacial score (nSPS) is 17.5. The molecule has 0 radical (unpaired) electrons. The van der Waals surface area contributed by atoms with E-state index in [9.17, 15) is 12.8 Å². The van der Waals surface area contributed by atoms with Gasteiger partial charge in [0, 0.05) is 25.3 Å². The highest BCUT2D eigenvalue weighted by Gasteiger charge is 2.31. The van der Waals surface area contributed by atoms with Crippen LogP contribution in [0, 0.1) is 12.7 Å². The summed E-state index contributed by atoms with van der Waals surface area (Å²) in [6, 6.07) is 9.85. The summed E-state index contributed by atoms with van der Waals surface area (Å²) < 4.78 is 46.4. The molecule has 138 valence electrons. The summed E-state index contributed by atoms with van der Waals surface area (Å²) >= 11 is 0. The summed E-state index contributed by atoms with van der Waals surface area (Å²) in [5.74, 6) is -0.402. The largest absolute Gasteiger partial charge is 0.378 e. The number of hydrogen-bond acceptors (Lipinski definition) is 4. The molecule has 1 saturated heterocycles. The van der Waals surface area contributed by atoms with E-state index >= 15 is 0 Å². The van der Waals surface area contributed by atoms with Gasteiger partial charge in [-0.05, 0) is 60.9 Å². The first-order valence-corrected chi connectivity index (χ1v) is 10.2. The fraction of sp³-hybridized carbons (Fsp3) is 0.368. The van der Waals surface area contributed by atoms with Crippen LogP contribution in [0.4, 0.5) is 15.8 Å². The van der Waals surface area contributed by atoms with Crippen LogP contribution < -0.4 is 9.21 Å². The maximum absolute atomic E-state index is 13.5. The van der Waals surface area contributed by atoms with E-state index < -0.39 is 15.8 Å². The maximum atomic E-state index is 13.5. The van der Waals surface area contributed by atoms with Gasteiger partial charge in [0.25, 0.3) is 10.0 Å². The summed E-state index contributed by atoms with van der Waals surface area (Å²) in [5.41, 5.74) is 3.16. The minimum atomic E-state index is -3.70. The zero-order chi connectivity index (χ0) is 18.3. The molecule has 5 nitrogen and oxygen atoms in total. The molecular weight excluding hydrogens is 355 g/mol. The predicted octanol–water partition coefficient (Wildman–Crippen LogP) is 2.72. The van der Waals surface area contributed by atoms with Gasteiger partial charge < -0.3 is 9.64 Å². The molecule has 7 heteroatoms. The number of sulfonamides is 1. The second kappa shape index (κ2) is 6.55. The van der Waals surface area contributed by atoms with Crippen LogP contribution in [0.1, 0.15) is 11.1 Å². The van der Waals surface area contributed by atoms with E-state index in [2.05, 4.69) is 11.0 Å². The number of anilines is 2. The minimum Gasteiger partial charge on any atom is -0.378 e. The summed E-state index contributed by atoms with van der Waals surface area (Å²) in [4.78, 5) is 2.38. The molecule has 26 heavy (non-hydrogen) atoms. The van der Waals surface area contributed by atoms with Crippen LogP contribution in [0.3, 0.4) is 0 Å². The lowest BCUT2D eigenvalue weighted by Crippen LogP contribution is -2.36. The molecule has 0 aliphatic carbocycles. The van der Waals surface area contributed by atoms with E-state index in [1.165, 1.54) is 22.5 Å². The van der Waals surface area contributed by atoms with E-state index in [0.29, 0.717) is 37.4 Å². The lowest BCUT2D eigenvalue weighted by Gasteiger charge is -2.29. The third kappa shape index (κ3) is 2.95. The van der Waals surface area contributed by atoms with Gasteiger partial charge in [-0.25, -0.2) is 12.8 Å². The number of nitrogens with zero attached hydrogens (tertiary/aromatic N) is 2. The van der Waals surface area contributed by atoms with Gasteiger partial charge in [0.05, 0.1) is 23.8 Å². The quantitative estimate of drug-likeness (QED) is 0.827. The van der Waals surface area contributed by atoms with E-state index in [1.54, 1.807) is 6.92 Å².